The molecule has 0 amide bonds. The number of carbonyl (C=O) groups is 1. The highest BCUT2D eigenvalue weighted by Gasteiger charge is 2.09. The number of benzene rings is 3. The van der Waals surface area contributed by atoms with Crippen LogP contribution in [-0.2, 0) is 11.3 Å². The van der Waals surface area contributed by atoms with E-state index in [-0.39, 0.29) is 12.7 Å². The molecule has 0 aromatic heterocycles. The Morgan fingerprint density at radius 3 is 1.93 bits per heavy atom. The largest absolute Gasteiger partial charge is 0.491 e. The van der Waals surface area contributed by atoms with Gasteiger partial charge in [0.25, 0.3) is 0 Å². The molecule has 3 aromatic carbocycles. The molecule has 0 aliphatic heterocycles. The lowest BCUT2D eigenvalue weighted by molar-refractivity contribution is 0.0552. The van der Waals surface area contributed by atoms with Gasteiger partial charge >= 0.3 is 5.97 Å². The Morgan fingerprint density at radius 1 is 0.800 bits per heavy atom. The third kappa shape index (κ3) is 6.17. The van der Waals surface area contributed by atoms with Gasteiger partial charge in [-0.05, 0) is 66.9 Å². The summed E-state index contributed by atoms with van der Waals surface area (Å²) < 4.78 is 16.5. The van der Waals surface area contributed by atoms with E-state index in [9.17, 15) is 4.79 Å². The SMILES string of the molecule is CC(C)OCCOc1ccc(C(=O)Oc2ccc(-c3ccc(CO)cc3)cc2)cc1. The number of aliphatic hydroxyl groups is 1. The molecule has 1 N–H and O–H groups in total. The van der Waals surface area contributed by atoms with Crippen LogP contribution in [0.3, 0.4) is 0 Å². The summed E-state index contributed by atoms with van der Waals surface area (Å²) in [6.07, 6.45) is 0.173. The summed E-state index contributed by atoms with van der Waals surface area (Å²) >= 11 is 0. The van der Waals surface area contributed by atoms with Gasteiger partial charge < -0.3 is 19.3 Å². The molecule has 3 aromatic rings. The fourth-order valence-electron chi connectivity index (χ4n) is 2.81. The van der Waals surface area contributed by atoms with Gasteiger partial charge in [-0.3, -0.25) is 0 Å². The number of rotatable bonds is 9. The maximum atomic E-state index is 12.4. The van der Waals surface area contributed by atoms with Crippen LogP contribution < -0.4 is 9.47 Å². The number of hydrogen-bond acceptors (Lipinski definition) is 5. The Balaban J connectivity index is 1.55. The van der Waals surface area contributed by atoms with Crippen LogP contribution in [0.2, 0.25) is 0 Å². The molecular formula is C25H26O5. The van der Waals surface area contributed by atoms with Crippen LogP contribution in [0.1, 0.15) is 29.8 Å². The first-order chi connectivity index (χ1) is 14.5. The zero-order chi connectivity index (χ0) is 21.3. The standard InChI is InChI=1S/C25H26O5/c1-18(2)28-15-16-29-23-11-9-22(10-12-23)25(27)30-24-13-7-21(8-14-24)20-5-3-19(17-26)4-6-20/h3-14,18,26H,15-17H2,1-2H3. The molecule has 5 nitrogen and oxygen atoms in total. The summed E-state index contributed by atoms with van der Waals surface area (Å²) in [5.41, 5.74) is 3.34. The summed E-state index contributed by atoms with van der Waals surface area (Å²) in [5, 5.41) is 9.13. The monoisotopic (exact) mass is 406 g/mol. The van der Waals surface area contributed by atoms with Crippen molar-refractivity contribution in [2.45, 2.75) is 26.6 Å². The minimum atomic E-state index is -0.426. The Morgan fingerprint density at radius 2 is 1.37 bits per heavy atom. The van der Waals surface area contributed by atoms with Crippen LogP contribution in [0.4, 0.5) is 0 Å². The summed E-state index contributed by atoms with van der Waals surface area (Å²) in [6, 6.07) is 21.8. The predicted octanol–water partition coefficient (Wildman–Crippen LogP) is 4.87. The van der Waals surface area contributed by atoms with E-state index in [1.165, 1.54) is 0 Å². The van der Waals surface area contributed by atoms with Gasteiger partial charge in [0, 0.05) is 0 Å². The van der Waals surface area contributed by atoms with E-state index in [2.05, 4.69) is 0 Å². The minimum absolute atomic E-state index is 0.0226. The summed E-state index contributed by atoms with van der Waals surface area (Å²) in [5.74, 6) is 0.724. The molecule has 3 rings (SSSR count). The van der Waals surface area contributed by atoms with E-state index in [0.29, 0.717) is 30.3 Å². The Bertz CT molecular complexity index is 929. The molecule has 156 valence electrons. The fourth-order valence-corrected chi connectivity index (χ4v) is 2.81. The van der Waals surface area contributed by atoms with E-state index in [1.54, 1.807) is 36.4 Å². The van der Waals surface area contributed by atoms with Crippen molar-refractivity contribution in [3.63, 3.8) is 0 Å². The minimum Gasteiger partial charge on any atom is -0.491 e. The van der Waals surface area contributed by atoms with E-state index in [4.69, 9.17) is 19.3 Å². The average Bonchev–Trinajstić information content (AvgIpc) is 2.77. The molecule has 0 atom stereocenters. The van der Waals surface area contributed by atoms with Gasteiger partial charge in [-0.1, -0.05) is 36.4 Å². The van der Waals surface area contributed by atoms with E-state index in [1.807, 2.05) is 50.2 Å². The second-order valence-electron chi connectivity index (χ2n) is 7.06. The van der Waals surface area contributed by atoms with Crippen molar-refractivity contribution in [3.8, 4) is 22.6 Å². The normalized spacial score (nSPS) is 10.8. The van der Waals surface area contributed by atoms with Crippen molar-refractivity contribution < 1.29 is 24.1 Å². The maximum Gasteiger partial charge on any atom is 0.343 e. The van der Waals surface area contributed by atoms with Gasteiger partial charge in [0.05, 0.1) is 24.9 Å². The van der Waals surface area contributed by atoms with E-state index in [0.717, 1.165) is 16.7 Å². The average molecular weight is 406 g/mol. The van der Waals surface area contributed by atoms with Gasteiger partial charge in [0.15, 0.2) is 0 Å². The quantitative estimate of drug-likeness (QED) is 0.312. The third-order valence-electron chi connectivity index (χ3n) is 4.43. The highest BCUT2D eigenvalue weighted by molar-refractivity contribution is 5.91. The van der Waals surface area contributed by atoms with Gasteiger partial charge in [-0.15, -0.1) is 0 Å². The summed E-state index contributed by atoms with van der Waals surface area (Å²) in [7, 11) is 0. The van der Waals surface area contributed by atoms with Crippen molar-refractivity contribution in [1.29, 1.82) is 0 Å². The lowest BCUT2D eigenvalue weighted by atomic mass is 10.0. The van der Waals surface area contributed by atoms with Crippen molar-refractivity contribution >= 4 is 5.97 Å². The van der Waals surface area contributed by atoms with Gasteiger partial charge in [0.1, 0.15) is 18.1 Å². The van der Waals surface area contributed by atoms with Gasteiger partial charge in [0.2, 0.25) is 0 Å². The van der Waals surface area contributed by atoms with E-state index >= 15 is 0 Å². The smallest absolute Gasteiger partial charge is 0.343 e. The van der Waals surface area contributed by atoms with Crippen LogP contribution in [0.5, 0.6) is 11.5 Å². The molecule has 0 aliphatic carbocycles. The number of ether oxygens (including phenoxy) is 3. The Labute approximate surface area is 176 Å². The van der Waals surface area contributed by atoms with Gasteiger partial charge in [-0.25, -0.2) is 4.79 Å². The molecule has 0 bridgehead atoms. The van der Waals surface area contributed by atoms with Crippen LogP contribution in [0, 0.1) is 0 Å². The Hall–Kier alpha value is -3.15. The third-order valence-corrected chi connectivity index (χ3v) is 4.43. The van der Waals surface area contributed by atoms with Crippen LogP contribution in [-0.4, -0.2) is 30.4 Å². The molecule has 0 fully saturated rings. The molecule has 0 saturated carbocycles. The van der Waals surface area contributed by atoms with Crippen LogP contribution >= 0.6 is 0 Å². The molecule has 0 aliphatic rings. The predicted molar refractivity (Wildman–Crippen MR) is 116 cm³/mol. The van der Waals surface area contributed by atoms with Gasteiger partial charge in [-0.2, -0.15) is 0 Å². The second-order valence-corrected chi connectivity index (χ2v) is 7.06. The van der Waals surface area contributed by atoms with Crippen molar-refractivity contribution in [1.82, 2.24) is 0 Å². The zero-order valence-electron chi connectivity index (χ0n) is 17.2. The molecule has 5 heteroatoms. The summed E-state index contributed by atoms with van der Waals surface area (Å²) in [6.45, 7) is 4.95. The summed E-state index contributed by atoms with van der Waals surface area (Å²) in [4.78, 5) is 12.4. The first-order valence-corrected chi connectivity index (χ1v) is 9.92. The molecule has 0 unspecified atom stereocenters. The van der Waals surface area contributed by atoms with Crippen LogP contribution in [0.15, 0.2) is 72.8 Å². The highest BCUT2D eigenvalue weighted by Crippen LogP contribution is 2.23. The molecule has 0 radical (unpaired) electrons. The maximum absolute atomic E-state index is 12.4. The molecule has 0 saturated heterocycles. The fraction of sp³-hybridized carbons (Fsp3) is 0.240. The second kappa shape index (κ2) is 10.6. The molecule has 0 heterocycles. The number of carbonyl (C=O) groups excluding carboxylic acids is 1. The highest BCUT2D eigenvalue weighted by atomic mass is 16.5. The Kier molecular flexibility index (Phi) is 7.60. The lowest BCUT2D eigenvalue weighted by Gasteiger charge is -2.10. The van der Waals surface area contributed by atoms with E-state index < -0.39 is 5.97 Å². The zero-order valence-corrected chi connectivity index (χ0v) is 17.2. The first-order valence-electron chi connectivity index (χ1n) is 9.92. The van der Waals surface area contributed by atoms with Crippen molar-refractivity contribution in [3.05, 3.63) is 83.9 Å². The van der Waals surface area contributed by atoms with Crippen molar-refractivity contribution in [2.24, 2.45) is 0 Å². The topological polar surface area (TPSA) is 65.0 Å². The number of esters is 1. The van der Waals surface area contributed by atoms with Crippen LogP contribution in [0.25, 0.3) is 11.1 Å². The molecule has 30 heavy (non-hydrogen) atoms. The van der Waals surface area contributed by atoms with Crippen molar-refractivity contribution in [2.75, 3.05) is 13.2 Å². The number of hydrogen-bond donors (Lipinski definition) is 1. The number of aliphatic hydroxyl groups excluding tert-OH is 1. The lowest BCUT2D eigenvalue weighted by Crippen LogP contribution is -2.11. The molecular weight excluding hydrogens is 380 g/mol. The molecule has 0 spiro atoms. The first kappa shape index (κ1) is 21.6.